The predicted molar refractivity (Wildman–Crippen MR) is 180 cm³/mol. The van der Waals surface area contributed by atoms with Gasteiger partial charge in [0.1, 0.15) is 36.9 Å². The lowest BCUT2D eigenvalue weighted by Crippen LogP contribution is -2.57. The Labute approximate surface area is 281 Å². The maximum Gasteiger partial charge on any atom is 0.408 e. The first-order valence-corrected chi connectivity index (χ1v) is 15.9. The summed E-state index contributed by atoms with van der Waals surface area (Å²) >= 11 is 0. The highest BCUT2D eigenvalue weighted by molar-refractivity contribution is 5.94. The highest BCUT2D eigenvalue weighted by Gasteiger charge is 2.33. The van der Waals surface area contributed by atoms with E-state index in [0.717, 1.165) is 22.0 Å². The number of amides is 3. The molecular formula is C36H46N4O8. The van der Waals surface area contributed by atoms with Crippen LogP contribution in [0.25, 0.3) is 10.9 Å². The summed E-state index contributed by atoms with van der Waals surface area (Å²) in [5, 5.41) is 8.84. The maximum absolute atomic E-state index is 13.9. The Morgan fingerprint density at radius 1 is 0.875 bits per heavy atom. The molecule has 3 rings (SSSR count). The van der Waals surface area contributed by atoms with E-state index in [2.05, 4.69) is 27.5 Å². The van der Waals surface area contributed by atoms with E-state index in [1.807, 2.05) is 42.5 Å². The van der Waals surface area contributed by atoms with Crippen molar-refractivity contribution in [1.82, 2.24) is 20.9 Å². The van der Waals surface area contributed by atoms with E-state index in [0.29, 0.717) is 0 Å². The van der Waals surface area contributed by atoms with Gasteiger partial charge in [-0.05, 0) is 50.3 Å². The number of fused-ring (bicyclic) bond motifs is 1. The summed E-state index contributed by atoms with van der Waals surface area (Å²) in [4.78, 5) is 69.0. The molecule has 0 aliphatic heterocycles. The molecule has 0 unspecified atom stereocenters. The molecule has 0 aliphatic carbocycles. The third kappa shape index (κ3) is 11.9. The molecule has 0 saturated heterocycles. The molecule has 0 spiro atoms. The number of ether oxygens (including phenoxy) is 3. The monoisotopic (exact) mass is 662 g/mol. The third-order valence-electron chi connectivity index (χ3n) is 7.17. The van der Waals surface area contributed by atoms with E-state index >= 15 is 0 Å². The van der Waals surface area contributed by atoms with Crippen molar-refractivity contribution in [1.29, 1.82) is 0 Å². The van der Waals surface area contributed by atoms with Gasteiger partial charge in [0.25, 0.3) is 0 Å². The number of rotatable bonds is 16. The van der Waals surface area contributed by atoms with E-state index < -0.39 is 53.6 Å². The normalized spacial score (nSPS) is 13.1. The SMILES string of the molecule is C=CCOC(=O)[C@@H](NC(=O)[C@H](CCC(=O)OC(C)(C)C)NC(=O)[C@H](Cc1c[nH]c2ccccc12)NC(=O)OCc1ccccc1)C(C)C. The number of alkyl carbamates (subject to hydrolysis) is 1. The van der Waals surface area contributed by atoms with Crippen LogP contribution < -0.4 is 16.0 Å². The summed E-state index contributed by atoms with van der Waals surface area (Å²) in [6, 6.07) is 13.1. The van der Waals surface area contributed by atoms with Crippen LogP contribution in [0.2, 0.25) is 0 Å². The Kier molecular flexibility index (Phi) is 13.8. The predicted octanol–water partition coefficient (Wildman–Crippen LogP) is 4.48. The highest BCUT2D eigenvalue weighted by Crippen LogP contribution is 2.20. The van der Waals surface area contributed by atoms with Crippen molar-refractivity contribution in [2.24, 2.45) is 5.92 Å². The molecule has 0 aliphatic rings. The lowest BCUT2D eigenvalue weighted by molar-refractivity contribution is -0.155. The average Bonchev–Trinajstić information content (AvgIpc) is 3.45. The van der Waals surface area contributed by atoms with Gasteiger partial charge in [-0.3, -0.25) is 14.4 Å². The van der Waals surface area contributed by atoms with Crippen molar-refractivity contribution in [2.75, 3.05) is 6.61 Å². The van der Waals surface area contributed by atoms with Gasteiger partial charge < -0.3 is 35.1 Å². The van der Waals surface area contributed by atoms with E-state index in [1.54, 1.807) is 52.9 Å². The summed E-state index contributed by atoms with van der Waals surface area (Å²) in [7, 11) is 0. The first kappa shape index (κ1) is 37.3. The maximum atomic E-state index is 13.9. The van der Waals surface area contributed by atoms with Gasteiger partial charge in [0, 0.05) is 29.9 Å². The highest BCUT2D eigenvalue weighted by atomic mass is 16.6. The van der Waals surface area contributed by atoms with Gasteiger partial charge in [-0.2, -0.15) is 0 Å². The number of aromatic amines is 1. The number of carbonyl (C=O) groups is 5. The quantitative estimate of drug-likeness (QED) is 0.0991. The van der Waals surface area contributed by atoms with Crippen molar-refractivity contribution in [3.05, 3.63) is 84.6 Å². The molecule has 2 aromatic carbocycles. The first-order chi connectivity index (χ1) is 22.8. The summed E-state index contributed by atoms with van der Waals surface area (Å²) in [5.41, 5.74) is 1.59. The van der Waals surface area contributed by atoms with Gasteiger partial charge in [-0.25, -0.2) is 9.59 Å². The van der Waals surface area contributed by atoms with Crippen LogP contribution in [-0.2, 0) is 46.4 Å². The molecular weight excluding hydrogens is 616 g/mol. The first-order valence-electron chi connectivity index (χ1n) is 15.9. The van der Waals surface area contributed by atoms with E-state index in [1.165, 1.54) is 6.08 Å². The molecule has 1 heterocycles. The largest absolute Gasteiger partial charge is 0.460 e. The van der Waals surface area contributed by atoms with Crippen molar-refractivity contribution < 1.29 is 38.2 Å². The van der Waals surface area contributed by atoms with Crippen LogP contribution in [0.15, 0.2) is 73.4 Å². The second-order valence-corrected chi connectivity index (χ2v) is 12.7. The summed E-state index contributed by atoms with van der Waals surface area (Å²) < 4.78 is 16.0. The van der Waals surface area contributed by atoms with Gasteiger partial charge in [0.05, 0.1) is 0 Å². The molecule has 0 saturated carbocycles. The van der Waals surface area contributed by atoms with Crippen LogP contribution >= 0.6 is 0 Å². The van der Waals surface area contributed by atoms with Crippen molar-refractivity contribution in [3.63, 3.8) is 0 Å². The molecule has 12 heteroatoms. The number of H-pyrrole nitrogens is 1. The lowest BCUT2D eigenvalue weighted by Gasteiger charge is -2.26. The minimum atomic E-state index is -1.27. The molecule has 3 amide bonds. The van der Waals surface area contributed by atoms with Gasteiger partial charge in [-0.1, -0.05) is 75.0 Å². The van der Waals surface area contributed by atoms with Crippen molar-refractivity contribution >= 4 is 40.7 Å². The van der Waals surface area contributed by atoms with Crippen LogP contribution in [0.5, 0.6) is 0 Å². The van der Waals surface area contributed by atoms with Gasteiger partial charge >= 0.3 is 18.0 Å². The minimum Gasteiger partial charge on any atom is -0.460 e. The smallest absolute Gasteiger partial charge is 0.408 e. The van der Waals surface area contributed by atoms with Crippen LogP contribution in [0.4, 0.5) is 4.79 Å². The molecule has 0 radical (unpaired) electrons. The Balaban J connectivity index is 1.85. The topological polar surface area (TPSA) is 165 Å². The van der Waals surface area contributed by atoms with E-state index in [9.17, 15) is 24.0 Å². The van der Waals surface area contributed by atoms with Crippen LogP contribution in [-0.4, -0.2) is 65.2 Å². The second-order valence-electron chi connectivity index (χ2n) is 12.7. The number of aromatic nitrogens is 1. The molecule has 12 nitrogen and oxygen atoms in total. The molecule has 0 bridgehead atoms. The summed E-state index contributed by atoms with van der Waals surface area (Å²) in [5.74, 6) is -3.01. The number of hydrogen-bond donors (Lipinski definition) is 4. The van der Waals surface area contributed by atoms with Crippen LogP contribution in [0.1, 0.15) is 58.6 Å². The minimum absolute atomic E-state index is 0.0203. The number of benzene rings is 2. The average molecular weight is 663 g/mol. The zero-order valence-electron chi connectivity index (χ0n) is 28.2. The molecule has 48 heavy (non-hydrogen) atoms. The molecule has 1 aromatic heterocycles. The molecule has 3 atom stereocenters. The number of hydrogen-bond acceptors (Lipinski definition) is 8. The van der Waals surface area contributed by atoms with E-state index in [-0.39, 0.29) is 38.4 Å². The van der Waals surface area contributed by atoms with Gasteiger partial charge in [0.15, 0.2) is 0 Å². The van der Waals surface area contributed by atoms with Crippen LogP contribution in [0.3, 0.4) is 0 Å². The van der Waals surface area contributed by atoms with Crippen molar-refractivity contribution in [2.45, 2.75) is 84.2 Å². The fraction of sp³-hybridized carbons (Fsp3) is 0.417. The Morgan fingerprint density at radius 3 is 2.21 bits per heavy atom. The lowest BCUT2D eigenvalue weighted by atomic mass is 10.0. The Morgan fingerprint density at radius 2 is 1.54 bits per heavy atom. The molecule has 0 fully saturated rings. The number of para-hydroxylation sites is 1. The zero-order chi connectivity index (χ0) is 35.3. The Bertz CT molecular complexity index is 1560. The van der Waals surface area contributed by atoms with Crippen molar-refractivity contribution in [3.8, 4) is 0 Å². The number of nitrogens with one attached hydrogen (secondary N) is 4. The fourth-order valence-electron chi connectivity index (χ4n) is 4.82. The van der Waals surface area contributed by atoms with Crippen LogP contribution in [0, 0.1) is 5.92 Å². The zero-order valence-corrected chi connectivity index (χ0v) is 28.2. The molecule has 4 N–H and O–H groups in total. The van der Waals surface area contributed by atoms with Gasteiger partial charge in [-0.15, -0.1) is 0 Å². The van der Waals surface area contributed by atoms with Gasteiger partial charge in [0.2, 0.25) is 11.8 Å². The van der Waals surface area contributed by atoms with E-state index in [4.69, 9.17) is 14.2 Å². The third-order valence-corrected chi connectivity index (χ3v) is 7.17. The Hall–Kier alpha value is -5.13. The number of esters is 2. The second kappa shape index (κ2) is 17.7. The molecule has 3 aromatic rings. The fourth-order valence-corrected chi connectivity index (χ4v) is 4.82. The standard InChI is InChI=1S/C36H46N4O8/c1-7-19-46-34(44)31(23(2)3)40-32(42)28(17-18-30(41)48-36(4,5)6)38-33(43)29(20-25-21-37-27-16-12-11-15-26(25)27)39-35(45)47-22-24-13-9-8-10-14-24/h7-16,21,23,28-29,31,37H,1,17-20,22H2,2-6H3,(H,38,43)(H,39,45)(H,40,42)/t28-,29-,31-/m0/s1. The number of carbonyl (C=O) groups excluding carboxylic acids is 5. The molecule has 258 valence electrons. The summed E-state index contributed by atoms with van der Waals surface area (Å²) in [6.45, 7) is 12.1. The summed E-state index contributed by atoms with van der Waals surface area (Å²) in [6.07, 6.45) is 2.03.